The van der Waals surface area contributed by atoms with Gasteiger partial charge in [-0.05, 0) is 75.3 Å². The highest BCUT2D eigenvalue weighted by molar-refractivity contribution is 7.80. The van der Waals surface area contributed by atoms with Crippen LogP contribution >= 0.6 is 12.2 Å². The largest absolute Gasteiger partial charge is 0.483 e. The summed E-state index contributed by atoms with van der Waals surface area (Å²) >= 11 is 5.29. The average molecular weight is 592 g/mol. The fraction of sp³-hybridized carbons (Fsp3) is 0.241. The van der Waals surface area contributed by atoms with Gasteiger partial charge in [-0.2, -0.15) is 5.10 Å². The highest BCUT2D eigenvalue weighted by atomic mass is 32.1. The van der Waals surface area contributed by atoms with Crippen LogP contribution in [-0.4, -0.2) is 41.3 Å². The first-order valence-corrected chi connectivity index (χ1v) is 13.3. The molecule has 0 saturated carbocycles. The number of para-hydroxylation sites is 1. The topological polar surface area (TPSA) is 157 Å². The zero-order valence-corrected chi connectivity index (χ0v) is 24.2. The van der Waals surface area contributed by atoms with Crippen LogP contribution in [0, 0.1) is 24.0 Å². The molecule has 2 heterocycles. The maximum atomic E-state index is 12.7. The van der Waals surface area contributed by atoms with E-state index in [1.807, 2.05) is 6.92 Å². The predicted octanol–water partition coefficient (Wildman–Crippen LogP) is 4.36. The molecule has 0 unspecified atom stereocenters. The summed E-state index contributed by atoms with van der Waals surface area (Å²) < 4.78 is 16.7. The number of thiocarbonyl (C=S) groups is 1. The van der Waals surface area contributed by atoms with Crippen LogP contribution in [-0.2, 0) is 14.3 Å². The van der Waals surface area contributed by atoms with E-state index < -0.39 is 22.8 Å². The number of nitrogens with one attached hydrogen (secondary N) is 3. The van der Waals surface area contributed by atoms with Crippen LogP contribution in [0.5, 0.6) is 5.75 Å². The summed E-state index contributed by atoms with van der Waals surface area (Å²) in [5.74, 6) is -0.110. The van der Waals surface area contributed by atoms with Gasteiger partial charge >= 0.3 is 5.97 Å². The number of carbonyl (C=O) groups excluding carboxylic acids is 2. The van der Waals surface area contributed by atoms with Crippen LogP contribution in [0.1, 0.15) is 42.3 Å². The highest BCUT2D eigenvalue weighted by Crippen LogP contribution is 2.34. The first kappa shape index (κ1) is 29.9. The molecule has 1 atom stereocenters. The Morgan fingerprint density at radius 2 is 1.90 bits per heavy atom. The molecule has 1 aliphatic rings. The zero-order chi connectivity index (χ0) is 30.4. The van der Waals surface area contributed by atoms with Crippen molar-refractivity contribution in [2.24, 2.45) is 5.10 Å². The SMILES string of the molecule is CCOC(=O)C1=C(C)NC(=S)N[C@H]1c1ccccc1OCC(=O)NN=Cc1ccc(-c2cc(C)c(C)cc2[N+](=O)[O-])o1. The van der Waals surface area contributed by atoms with Crippen molar-refractivity contribution in [1.29, 1.82) is 0 Å². The van der Waals surface area contributed by atoms with Gasteiger partial charge in [0.15, 0.2) is 11.7 Å². The normalized spacial score (nSPS) is 14.8. The van der Waals surface area contributed by atoms with Gasteiger partial charge in [-0.15, -0.1) is 0 Å². The summed E-state index contributed by atoms with van der Waals surface area (Å²) in [5, 5.41) is 21.8. The van der Waals surface area contributed by atoms with Gasteiger partial charge in [0, 0.05) is 17.3 Å². The number of aryl methyl sites for hydroxylation is 2. The Morgan fingerprint density at radius 3 is 2.64 bits per heavy atom. The van der Waals surface area contributed by atoms with Crippen LogP contribution in [0.15, 0.2) is 69.3 Å². The van der Waals surface area contributed by atoms with Crippen LogP contribution in [0.2, 0.25) is 0 Å². The Balaban J connectivity index is 1.42. The number of hydrazone groups is 1. The standard InChI is InChI=1S/C29H29N5O7S/c1-5-39-28(36)26-18(4)31-29(42)32-27(26)20-8-6-7-9-23(20)40-15-25(35)33-30-14-19-10-11-24(41-19)21-12-16(2)17(3)13-22(21)34(37)38/h6-14,27H,5,15H2,1-4H3,(H,33,35)(H2,31,32,42)/t27-/m0/s1. The van der Waals surface area contributed by atoms with Crippen molar-refractivity contribution in [3.8, 4) is 17.1 Å². The fourth-order valence-electron chi connectivity index (χ4n) is 4.32. The van der Waals surface area contributed by atoms with E-state index in [2.05, 4.69) is 21.2 Å². The molecule has 2 aromatic carbocycles. The number of ether oxygens (including phenoxy) is 2. The smallest absolute Gasteiger partial charge is 0.338 e. The maximum absolute atomic E-state index is 12.7. The van der Waals surface area contributed by atoms with E-state index in [1.165, 1.54) is 12.3 Å². The molecule has 12 nitrogen and oxygen atoms in total. The lowest BCUT2D eigenvalue weighted by Crippen LogP contribution is -2.45. The Morgan fingerprint density at radius 1 is 1.17 bits per heavy atom. The van der Waals surface area contributed by atoms with E-state index in [0.717, 1.165) is 11.1 Å². The number of rotatable bonds is 10. The van der Waals surface area contributed by atoms with Crippen molar-refractivity contribution in [3.05, 3.63) is 92.4 Å². The summed E-state index contributed by atoms with van der Waals surface area (Å²) in [6.45, 7) is 6.94. The third kappa shape index (κ3) is 6.81. The molecule has 0 aliphatic carbocycles. The third-order valence-corrected chi connectivity index (χ3v) is 6.66. The molecule has 0 fully saturated rings. The summed E-state index contributed by atoms with van der Waals surface area (Å²) in [6, 6.07) is 12.7. The third-order valence-electron chi connectivity index (χ3n) is 6.44. The Kier molecular flexibility index (Phi) is 9.32. The number of hydrogen-bond donors (Lipinski definition) is 3. The van der Waals surface area contributed by atoms with Gasteiger partial charge in [0.05, 0.1) is 34.9 Å². The number of furan rings is 1. The summed E-state index contributed by atoms with van der Waals surface area (Å²) in [6.07, 6.45) is 1.28. The summed E-state index contributed by atoms with van der Waals surface area (Å²) in [7, 11) is 0. The van der Waals surface area contributed by atoms with Crippen LogP contribution < -0.4 is 20.8 Å². The number of allylic oxidation sites excluding steroid dienone is 1. The van der Waals surface area contributed by atoms with E-state index in [1.54, 1.807) is 63.2 Å². The molecule has 0 radical (unpaired) electrons. The summed E-state index contributed by atoms with van der Waals surface area (Å²) in [5.41, 5.74) is 5.81. The highest BCUT2D eigenvalue weighted by Gasteiger charge is 2.32. The van der Waals surface area contributed by atoms with E-state index in [4.69, 9.17) is 26.1 Å². The average Bonchev–Trinajstić information content (AvgIpc) is 3.41. The molecule has 3 N–H and O–H groups in total. The van der Waals surface area contributed by atoms with Gasteiger partial charge in [0.25, 0.3) is 11.6 Å². The van der Waals surface area contributed by atoms with E-state index in [-0.39, 0.29) is 24.7 Å². The number of carbonyl (C=O) groups is 2. The quantitative estimate of drug-likeness (QED) is 0.102. The number of amides is 1. The van der Waals surface area contributed by atoms with Crippen molar-refractivity contribution in [3.63, 3.8) is 0 Å². The van der Waals surface area contributed by atoms with Crippen molar-refractivity contribution >= 4 is 41.1 Å². The molecule has 0 spiro atoms. The van der Waals surface area contributed by atoms with Crippen molar-refractivity contribution in [2.45, 2.75) is 33.7 Å². The van der Waals surface area contributed by atoms with Crippen molar-refractivity contribution in [2.75, 3.05) is 13.2 Å². The second-order valence-electron chi connectivity index (χ2n) is 9.32. The lowest BCUT2D eigenvalue weighted by Gasteiger charge is -2.30. The second-order valence-corrected chi connectivity index (χ2v) is 9.73. The van der Waals surface area contributed by atoms with E-state index in [9.17, 15) is 19.7 Å². The number of nitrogens with zero attached hydrogens (tertiary/aromatic N) is 2. The van der Waals surface area contributed by atoms with E-state index in [0.29, 0.717) is 39.0 Å². The second kappa shape index (κ2) is 13.1. The van der Waals surface area contributed by atoms with Gasteiger partial charge in [-0.3, -0.25) is 14.9 Å². The first-order valence-electron chi connectivity index (χ1n) is 12.9. The molecule has 42 heavy (non-hydrogen) atoms. The Labute approximate surface area is 246 Å². The van der Waals surface area contributed by atoms with Gasteiger partial charge in [-0.1, -0.05) is 18.2 Å². The van der Waals surface area contributed by atoms with Crippen LogP contribution in [0.3, 0.4) is 0 Å². The molecule has 1 amide bonds. The maximum Gasteiger partial charge on any atom is 0.338 e. The molecule has 1 aliphatic heterocycles. The number of esters is 1. The number of benzene rings is 2. The molecular formula is C29H29N5O7S. The molecule has 218 valence electrons. The number of hydrogen-bond acceptors (Lipinski definition) is 9. The van der Waals surface area contributed by atoms with Crippen LogP contribution in [0.25, 0.3) is 11.3 Å². The monoisotopic (exact) mass is 591 g/mol. The Bertz CT molecular complexity index is 1610. The molecule has 13 heteroatoms. The molecular weight excluding hydrogens is 562 g/mol. The summed E-state index contributed by atoms with van der Waals surface area (Å²) in [4.78, 5) is 36.3. The zero-order valence-electron chi connectivity index (χ0n) is 23.3. The van der Waals surface area contributed by atoms with E-state index >= 15 is 0 Å². The van der Waals surface area contributed by atoms with Gasteiger partial charge in [-0.25, -0.2) is 10.2 Å². The van der Waals surface area contributed by atoms with Gasteiger partial charge in [0.2, 0.25) is 0 Å². The predicted molar refractivity (Wildman–Crippen MR) is 159 cm³/mol. The number of nitro groups is 1. The van der Waals surface area contributed by atoms with Crippen molar-refractivity contribution < 1.29 is 28.4 Å². The first-order chi connectivity index (χ1) is 20.1. The molecule has 0 saturated heterocycles. The lowest BCUT2D eigenvalue weighted by molar-refractivity contribution is -0.384. The van der Waals surface area contributed by atoms with Gasteiger partial charge < -0.3 is 24.5 Å². The van der Waals surface area contributed by atoms with Crippen molar-refractivity contribution in [1.82, 2.24) is 16.1 Å². The lowest BCUT2D eigenvalue weighted by atomic mass is 9.95. The Hall–Kier alpha value is -5.04. The minimum atomic E-state index is -0.656. The number of nitro benzene ring substituents is 1. The minimum Gasteiger partial charge on any atom is -0.483 e. The molecule has 0 bridgehead atoms. The molecule has 4 rings (SSSR count). The molecule has 3 aromatic rings. The van der Waals surface area contributed by atoms with Crippen LogP contribution in [0.4, 0.5) is 5.69 Å². The fourth-order valence-corrected chi connectivity index (χ4v) is 4.59. The van der Waals surface area contributed by atoms with Gasteiger partial charge in [0.1, 0.15) is 17.3 Å². The molecule has 1 aromatic heterocycles. The minimum absolute atomic E-state index is 0.0665.